The Hall–Kier alpha value is -7.77. The number of hydrogen-bond acceptors (Lipinski definition) is 5. The van der Waals surface area contributed by atoms with Crippen molar-refractivity contribution >= 4 is 43.6 Å². The van der Waals surface area contributed by atoms with E-state index >= 15 is 0 Å². The lowest BCUT2D eigenvalue weighted by molar-refractivity contribution is 1.06. The van der Waals surface area contributed by atoms with Crippen LogP contribution in [0.3, 0.4) is 0 Å². The van der Waals surface area contributed by atoms with Gasteiger partial charge in [0.25, 0.3) is 0 Å². The van der Waals surface area contributed by atoms with Gasteiger partial charge in [-0.3, -0.25) is 0 Å². The summed E-state index contributed by atoms with van der Waals surface area (Å²) < 4.78 is 4.61. The zero-order valence-corrected chi connectivity index (χ0v) is 30.0. The summed E-state index contributed by atoms with van der Waals surface area (Å²) in [6.45, 7) is 0. The summed E-state index contributed by atoms with van der Waals surface area (Å²) in [5.41, 5.74) is 9.85. The van der Waals surface area contributed by atoms with Crippen LogP contribution in [0.15, 0.2) is 188 Å². The standard InChI is InChI=1S/C49H31N7/c1-4-14-32(15-5-1)47-52-48(33-16-6-2-7-17-33)54-49(53-47)45-37-20-10-12-22-40(37)50-46(51-45)34-24-26-36(27-25-34)56-42-23-13-11-21-38(42)44-39-30-31-55(35-18-8-3-9-19-35)41(39)28-29-43(44)56/h1-31H. The SMILES string of the molecule is c1ccc(-c2nc(-c3ccccc3)nc(-c3nc(-c4ccc(-n5c6ccccc6c6c7ccn(-c8ccccc8)c7ccc65)cc4)nc4ccccc34)n2)cc1. The monoisotopic (exact) mass is 717 g/mol. The number of rotatable bonds is 6. The number of hydrogen-bond donors (Lipinski definition) is 0. The highest BCUT2D eigenvalue weighted by Crippen LogP contribution is 2.38. The fraction of sp³-hybridized carbons (Fsp3) is 0. The predicted octanol–water partition coefficient (Wildman–Crippen LogP) is 11.5. The lowest BCUT2D eigenvalue weighted by Crippen LogP contribution is -2.03. The molecule has 0 unspecified atom stereocenters. The maximum Gasteiger partial charge on any atom is 0.183 e. The van der Waals surface area contributed by atoms with Crippen molar-refractivity contribution in [3.05, 3.63) is 188 Å². The van der Waals surface area contributed by atoms with E-state index < -0.39 is 0 Å². The molecule has 0 aliphatic heterocycles. The van der Waals surface area contributed by atoms with Crippen molar-refractivity contribution in [2.45, 2.75) is 0 Å². The third kappa shape index (κ3) is 5.25. The number of fused-ring (bicyclic) bond motifs is 6. The Morgan fingerprint density at radius 3 is 1.57 bits per heavy atom. The van der Waals surface area contributed by atoms with Gasteiger partial charge in [-0.05, 0) is 66.7 Å². The van der Waals surface area contributed by atoms with Crippen LogP contribution in [0.4, 0.5) is 0 Å². The van der Waals surface area contributed by atoms with Crippen LogP contribution in [0.1, 0.15) is 0 Å². The van der Waals surface area contributed by atoms with Gasteiger partial charge >= 0.3 is 0 Å². The Kier molecular flexibility index (Phi) is 7.35. The van der Waals surface area contributed by atoms with Gasteiger partial charge in [-0.25, -0.2) is 24.9 Å². The predicted molar refractivity (Wildman–Crippen MR) is 226 cm³/mol. The third-order valence-electron chi connectivity index (χ3n) is 10.4. The highest BCUT2D eigenvalue weighted by molar-refractivity contribution is 6.21. The van der Waals surface area contributed by atoms with Gasteiger partial charge < -0.3 is 9.13 Å². The van der Waals surface area contributed by atoms with Crippen LogP contribution in [0.5, 0.6) is 0 Å². The topological polar surface area (TPSA) is 74.3 Å². The van der Waals surface area contributed by atoms with Crippen LogP contribution in [-0.4, -0.2) is 34.1 Å². The van der Waals surface area contributed by atoms with Gasteiger partial charge in [0.15, 0.2) is 23.3 Å². The average Bonchev–Trinajstić information content (AvgIpc) is 3.86. The van der Waals surface area contributed by atoms with Crippen molar-refractivity contribution in [3.63, 3.8) is 0 Å². The summed E-state index contributed by atoms with van der Waals surface area (Å²) in [7, 11) is 0. The number of nitrogens with zero attached hydrogens (tertiary/aromatic N) is 7. The molecule has 56 heavy (non-hydrogen) atoms. The molecule has 0 saturated heterocycles. The van der Waals surface area contributed by atoms with Crippen LogP contribution >= 0.6 is 0 Å². The fourth-order valence-corrected chi connectivity index (χ4v) is 7.83. The first-order valence-corrected chi connectivity index (χ1v) is 18.6. The second-order valence-electron chi connectivity index (χ2n) is 13.8. The highest BCUT2D eigenvalue weighted by atomic mass is 15.1. The van der Waals surface area contributed by atoms with E-state index in [-0.39, 0.29) is 0 Å². The molecule has 0 aliphatic carbocycles. The lowest BCUT2D eigenvalue weighted by atomic mass is 10.1. The van der Waals surface area contributed by atoms with E-state index in [2.05, 4.69) is 112 Å². The zero-order chi connectivity index (χ0) is 37.0. The van der Waals surface area contributed by atoms with E-state index in [1.165, 1.54) is 21.7 Å². The van der Waals surface area contributed by atoms with E-state index in [0.717, 1.165) is 50.0 Å². The summed E-state index contributed by atoms with van der Waals surface area (Å²) in [5, 5.41) is 4.54. The Morgan fingerprint density at radius 1 is 0.321 bits per heavy atom. The Bertz CT molecular complexity index is 3170. The Balaban J connectivity index is 1.05. The molecule has 0 saturated carbocycles. The fourth-order valence-electron chi connectivity index (χ4n) is 7.83. The maximum atomic E-state index is 5.19. The summed E-state index contributed by atoms with van der Waals surface area (Å²) in [6.07, 6.45) is 2.17. The van der Waals surface area contributed by atoms with E-state index in [0.29, 0.717) is 29.0 Å². The number of para-hydroxylation sites is 3. The quantitative estimate of drug-likeness (QED) is 0.171. The molecule has 0 bridgehead atoms. The number of benzene rings is 7. The molecule has 262 valence electrons. The van der Waals surface area contributed by atoms with E-state index in [1.54, 1.807) is 0 Å². The number of aromatic nitrogens is 7. The minimum absolute atomic E-state index is 0.492. The Labute approximate surface area is 321 Å². The van der Waals surface area contributed by atoms with Crippen molar-refractivity contribution in [2.24, 2.45) is 0 Å². The van der Waals surface area contributed by atoms with Gasteiger partial charge in [0.2, 0.25) is 0 Å². The zero-order valence-electron chi connectivity index (χ0n) is 30.0. The molecular formula is C49H31N7. The first-order valence-electron chi connectivity index (χ1n) is 18.6. The Morgan fingerprint density at radius 2 is 0.857 bits per heavy atom. The molecule has 0 radical (unpaired) electrons. The van der Waals surface area contributed by atoms with Crippen molar-refractivity contribution < 1.29 is 0 Å². The molecule has 4 aromatic heterocycles. The second-order valence-corrected chi connectivity index (χ2v) is 13.8. The highest BCUT2D eigenvalue weighted by Gasteiger charge is 2.19. The summed E-state index contributed by atoms with van der Waals surface area (Å²) >= 11 is 0. The molecule has 11 rings (SSSR count). The first-order chi connectivity index (χ1) is 27.8. The van der Waals surface area contributed by atoms with Crippen molar-refractivity contribution in [3.8, 4) is 57.1 Å². The smallest absolute Gasteiger partial charge is 0.183 e. The molecule has 0 atom stereocenters. The maximum absolute atomic E-state index is 5.19. The average molecular weight is 718 g/mol. The van der Waals surface area contributed by atoms with Crippen LogP contribution in [-0.2, 0) is 0 Å². The summed E-state index contributed by atoms with van der Waals surface area (Å²) in [5.74, 6) is 2.26. The minimum atomic E-state index is 0.492. The summed E-state index contributed by atoms with van der Waals surface area (Å²) in [6, 6.07) is 62.4. The van der Waals surface area contributed by atoms with E-state index in [1.807, 2.05) is 84.9 Å². The molecule has 0 aliphatic rings. The van der Waals surface area contributed by atoms with E-state index in [9.17, 15) is 0 Å². The van der Waals surface area contributed by atoms with Crippen LogP contribution in [0, 0.1) is 0 Å². The normalized spacial score (nSPS) is 11.6. The van der Waals surface area contributed by atoms with Crippen molar-refractivity contribution in [1.82, 2.24) is 34.1 Å². The van der Waals surface area contributed by atoms with Crippen LogP contribution in [0.2, 0.25) is 0 Å². The van der Waals surface area contributed by atoms with Gasteiger partial charge in [0.1, 0.15) is 5.69 Å². The van der Waals surface area contributed by atoms with Crippen LogP contribution in [0.25, 0.3) is 101 Å². The molecule has 0 amide bonds. The van der Waals surface area contributed by atoms with Gasteiger partial charge in [-0.15, -0.1) is 0 Å². The van der Waals surface area contributed by atoms with Crippen molar-refractivity contribution in [1.29, 1.82) is 0 Å². The molecule has 4 heterocycles. The van der Waals surface area contributed by atoms with E-state index in [4.69, 9.17) is 24.9 Å². The summed E-state index contributed by atoms with van der Waals surface area (Å²) in [4.78, 5) is 25.2. The molecule has 0 fully saturated rings. The second kappa shape index (κ2) is 13.0. The lowest BCUT2D eigenvalue weighted by Gasteiger charge is -2.12. The molecule has 0 spiro atoms. The molecule has 7 aromatic carbocycles. The molecule has 11 aromatic rings. The minimum Gasteiger partial charge on any atom is -0.317 e. The molecular weight excluding hydrogens is 687 g/mol. The van der Waals surface area contributed by atoms with Crippen molar-refractivity contribution in [2.75, 3.05) is 0 Å². The third-order valence-corrected chi connectivity index (χ3v) is 10.4. The first kappa shape index (κ1) is 31.7. The van der Waals surface area contributed by atoms with Gasteiger partial charge in [-0.2, -0.15) is 0 Å². The van der Waals surface area contributed by atoms with Gasteiger partial charge in [-0.1, -0.05) is 115 Å². The van der Waals surface area contributed by atoms with Crippen LogP contribution < -0.4 is 0 Å². The van der Waals surface area contributed by atoms with Gasteiger partial charge in [0, 0.05) is 55.8 Å². The molecule has 7 nitrogen and oxygen atoms in total. The largest absolute Gasteiger partial charge is 0.317 e. The molecule has 7 heteroatoms. The molecule has 0 N–H and O–H groups in total. The van der Waals surface area contributed by atoms with Gasteiger partial charge in [0.05, 0.1) is 22.1 Å².